The zero-order valence-corrected chi connectivity index (χ0v) is 11.9. The Hall–Kier alpha value is -1.11. The van der Waals surface area contributed by atoms with Gasteiger partial charge in [0, 0.05) is 12.6 Å². The molecule has 2 N–H and O–H groups in total. The molecule has 5 nitrogen and oxygen atoms in total. The van der Waals surface area contributed by atoms with Crippen LogP contribution in [0, 0.1) is 0 Å². The van der Waals surface area contributed by atoms with Gasteiger partial charge in [0.05, 0.1) is 11.5 Å². The van der Waals surface area contributed by atoms with E-state index in [4.69, 9.17) is 4.74 Å². The van der Waals surface area contributed by atoms with Crippen molar-refractivity contribution in [2.45, 2.75) is 30.7 Å². The Bertz CT molecular complexity index is 493. The van der Waals surface area contributed by atoms with Gasteiger partial charge in [-0.3, -0.25) is 0 Å². The summed E-state index contributed by atoms with van der Waals surface area (Å²) in [6, 6.07) is 6.48. The molecular weight excluding hydrogens is 264 g/mol. The number of rotatable bonds is 5. The standard InChI is InChI=1S/C13H20N2O3S/c1-2-18-12-5-7-13(8-6-12)19(16,17)15-11-4-3-9-14-10-11/h5-8,11,14-15H,2-4,9-10H2,1H3/t11-/m1/s1. The minimum absolute atomic E-state index is 0.0229. The molecule has 19 heavy (non-hydrogen) atoms. The first-order valence-electron chi connectivity index (χ1n) is 6.58. The monoisotopic (exact) mass is 284 g/mol. The SMILES string of the molecule is CCOc1ccc(S(=O)(=O)N[C@@H]2CCCNC2)cc1. The van der Waals surface area contributed by atoms with Crippen LogP contribution in [0.4, 0.5) is 0 Å². The first kappa shape index (κ1) is 14.3. The maximum Gasteiger partial charge on any atom is 0.240 e. The predicted molar refractivity (Wildman–Crippen MR) is 73.8 cm³/mol. The average molecular weight is 284 g/mol. The zero-order chi connectivity index (χ0) is 13.7. The summed E-state index contributed by atoms with van der Waals surface area (Å²) < 4.78 is 32.4. The normalized spacial score (nSPS) is 20.2. The molecule has 1 aliphatic rings. The Morgan fingerprint density at radius 2 is 2.11 bits per heavy atom. The van der Waals surface area contributed by atoms with E-state index in [0.717, 1.165) is 19.4 Å². The molecule has 0 saturated carbocycles. The number of hydrogen-bond acceptors (Lipinski definition) is 4. The second-order valence-corrected chi connectivity index (χ2v) is 6.28. The molecule has 1 aromatic rings. The summed E-state index contributed by atoms with van der Waals surface area (Å²) >= 11 is 0. The second-order valence-electron chi connectivity index (χ2n) is 4.57. The van der Waals surface area contributed by atoms with Crippen LogP contribution in [0.3, 0.4) is 0 Å². The molecule has 0 bridgehead atoms. The molecule has 0 aromatic heterocycles. The largest absolute Gasteiger partial charge is 0.494 e. The Morgan fingerprint density at radius 1 is 1.37 bits per heavy atom. The summed E-state index contributed by atoms with van der Waals surface area (Å²) in [6.07, 6.45) is 1.87. The van der Waals surface area contributed by atoms with Crippen molar-refractivity contribution < 1.29 is 13.2 Å². The van der Waals surface area contributed by atoms with Crippen LogP contribution in [0.2, 0.25) is 0 Å². The molecule has 6 heteroatoms. The van der Waals surface area contributed by atoms with Crippen molar-refractivity contribution in [3.63, 3.8) is 0 Å². The number of hydrogen-bond donors (Lipinski definition) is 2. The summed E-state index contributed by atoms with van der Waals surface area (Å²) in [4.78, 5) is 0.279. The van der Waals surface area contributed by atoms with E-state index in [1.807, 2.05) is 6.92 Å². The number of nitrogens with one attached hydrogen (secondary N) is 2. The molecule has 0 amide bonds. The fourth-order valence-corrected chi connectivity index (χ4v) is 3.39. The minimum atomic E-state index is -3.44. The van der Waals surface area contributed by atoms with Gasteiger partial charge in [-0.1, -0.05) is 0 Å². The molecule has 0 aliphatic carbocycles. The van der Waals surface area contributed by atoms with E-state index >= 15 is 0 Å². The third-order valence-electron chi connectivity index (χ3n) is 3.06. The summed E-state index contributed by atoms with van der Waals surface area (Å²) in [5.74, 6) is 0.681. The Morgan fingerprint density at radius 3 is 2.68 bits per heavy atom. The highest BCUT2D eigenvalue weighted by atomic mass is 32.2. The highest BCUT2D eigenvalue weighted by Gasteiger charge is 2.21. The van der Waals surface area contributed by atoms with E-state index in [1.165, 1.54) is 0 Å². The maximum absolute atomic E-state index is 12.2. The van der Waals surface area contributed by atoms with Gasteiger partial charge >= 0.3 is 0 Å². The average Bonchev–Trinajstić information content (AvgIpc) is 2.40. The smallest absolute Gasteiger partial charge is 0.240 e. The van der Waals surface area contributed by atoms with Crippen LogP contribution in [0.1, 0.15) is 19.8 Å². The van der Waals surface area contributed by atoms with Crippen molar-refractivity contribution in [3.8, 4) is 5.75 Å². The van der Waals surface area contributed by atoms with Gasteiger partial charge < -0.3 is 10.1 Å². The van der Waals surface area contributed by atoms with E-state index < -0.39 is 10.0 Å². The molecule has 1 heterocycles. The lowest BCUT2D eigenvalue weighted by Crippen LogP contribution is -2.45. The van der Waals surface area contributed by atoms with Gasteiger partial charge in [0.25, 0.3) is 0 Å². The zero-order valence-electron chi connectivity index (χ0n) is 11.1. The molecule has 1 atom stereocenters. The lowest BCUT2D eigenvalue weighted by molar-refractivity contribution is 0.340. The van der Waals surface area contributed by atoms with Gasteiger partial charge in [0.2, 0.25) is 10.0 Å². The van der Waals surface area contributed by atoms with E-state index in [0.29, 0.717) is 18.9 Å². The van der Waals surface area contributed by atoms with E-state index in [1.54, 1.807) is 24.3 Å². The molecule has 2 rings (SSSR count). The first-order valence-corrected chi connectivity index (χ1v) is 8.06. The molecule has 1 fully saturated rings. The van der Waals surface area contributed by atoms with Crippen LogP contribution in [-0.2, 0) is 10.0 Å². The van der Waals surface area contributed by atoms with Crippen molar-refractivity contribution >= 4 is 10.0 Å². The van der Waals surface area contributed by atoms with Gasteiger partial charge in [-0.2, -0.15) is 0 Å². The molecular formula is C13H20N2O3S. The number of piperidine rings is 1. The van der Waals surface area contributed by atoms with Crippen LogP contribution in [0.15, 0.2) is 29.2 Å². The highest BCUT2D eigenvalue weighted by Crippen LogP contribution is 2.16. The molecule has 1 aliphatic heterocycles. The van der Waals surface area contributed by atoms with E-state index in [-0.39, 0.29) is 10.9 Å². The third kappa shape index (κ3) is 3.92. The van der Waals surface area contributed by atoms with Crippen LogP contribution in [-0.4, -0.2) is 34.2 Å². The van der Waals surface area contributed by atoms with Crippen molar-refractivity contribution in [1.82, 2.24) is 10.0 Å². The fraction of sp³-hybridized carbons (Fsp3) is 0.538. The van der Waals surface area contributed by atoms with Crippen LogP contribution in [0.25, 0.3) is 0 Å². The van der Waals surface area contributed by atoms with E-state index in [2.05, 4.69) is 10.0 Å². The molecule has 0 unspecified atom stereocenters. The summed E-state index contributed by atoms with van der Waals surface area (Å²) in [7, 11) is -3.44. The summed E-state index contributed by atoms with van der Waals surface area (Å²) in [6.45, 7) is 4.11. The van der Waals surface area contributed by atoms with Gasteiger partial charge in [-0.05, 0) is 50.6 Å². The summed E-state index contributed by atoms with van der Waals surface area (Å²) in [5.41, 5.74) is 0. The number of sulfonamides is 1. The predicted octanol–water partition coefficient (Wildman–Crippen LogP) is 1.12. The van der Waals surface area contributed by atoms with Crippen LogP contribution in [0.5, 0.6) is 5.75 Å². The molecule has 1 saturated heterocycles. The van der Waals surface area contributed by atoms with Gasteiger partial charge in [-0.25, -0.2) is 13.1 Å². The van der Waals surface area contributed by atoms with Crippen molar-refractivity contribution in [2.75, 3.05) is 19.7 Å². The topological polar surface area (TPSA) is 67.4 Å². The van der Waals surface area contributed by atoms with Gasteiger partial charge in [-0.15, -0.1) is 0 Å². The highest BCUT2D eigenvalue weighted by molar-refractivity contribution is 7.89. The van der Waals surface area contributed by atoms with Crippen molar-refractivity contribution in [3.05, 3.63) is 24.3 Å². The minimum Gasteiger partial charge on any atom is -0.494 e. The van der Waals surface area contributed by atoms with Gasteiger partial charge in [0.1, 0.15) is 5.75 Å². The van der Waals surface area contributed by atoms with Crippen LogP contribution >= 0.6 is 0 Å². The second kappa shape index (κ2) is 6.36. The molecule has 106 valence electrons. The molecule has 0 radical (unpaired) electrons. The molecule has 0 spiro atoms. The lowest BCUT2D eigenvalue weighted by atomic mass is 10.1. The van der Waals surface area contributed by atoms with Crippen molar-refractivity contribution in [1.29, 1.82) is 0 Å². The maximum atomic E-state index is 12.2. The lowest BCUT2D eigenvalue weighted by Gasteiger charge is -2.23. The summed E-state index contributed by atoms with van der Waals surface area (Å²) in [5, 5.41) is 3.19. The fourth-order valence-electron chi connectivity index (χ4n) is 2.12. The Kier molecular flexibility index (Phi) is 4.79. The van der Waals surface area contributed by atoms with Crippen molar-refractivity contribution in [2.24, 2.45) is 0 Å². The van der Waals surface area contributed by atoms with Gasteiger partial charge in [0.15, 0.2) is 0 Å². The molecule has 1 aromatic carbocycles. The Balaban J connectivity index is 2.05. The van der Waals surface area contributed by atoms with E-state index in [9.17, 15) is 8.42 Å². The third-order valence-corrected chi connectivity index (χ3v) is 4.60. The van der Waals surface area contributed by atoms with Crippen LogP contribution < -0.4 is 14.8 Å². The quantitative estimate of drug-likeness (QED) is 0.850. The number of benzene rings is 1. The number of ether oxygens (including phenoxy) is 1. The Labute approximate surface area is 114 Å². The first-order chi connectivity index (χ1) is 9.12.